The molecule has 11 heteroatoms. The summed E-state index contributed by atoms with van der Waals surface area (Å²) in [5, 5.41) is 14.9. The molecule has 1 atom stereocenters. The maximum absolute atomic E-state index is 13.0. The highest BCUT2D eigenvalue weighted by molar-refractivity contribution is 7.99. The fraction of sp³-hybridized carbons (Fsp3) is 0.217. The van der Waals surface area contributed by atoms with Gasteiger partial charge in [0, 0.05) is 11.4 Å². The lowest BCUT2D eigenvalue weighted by Crippen LogP contribution is -2.46. The van der Waals surface area contributed by atoms with Crippen LogP contribution in [0.2, 0.25) is 0 Å². The third kappa shape index (κ3) is 4.08. The number of benzene rings is 2. The van der Waals surface area contributed by atoms with E-state index in [-0.39, 0.29) is 6.61 Å². The molecule has 0 fully saturated rings. The molecule has 0 radical (unpaired) electrons. The molecule has 1 aliphatic rings. The Morgan fingerprint density at radius 1 is 1.18 bits per heavy atom. The first-order valence-corrected chi connectivity index (χ1v) is 12.4. The largest absolute Gasteiger partial charge is 0.497 e. The monoisotopic (exact) mass is 495 g/mol. The Kier molecular flexibility index (Phi) is 6.12. The summed E-state index contributed by atoms with van der Waals surface area (Å²) in [6, 6.07) is 14.2. The first-order chi connectivity index (χ1) is 16.6. The highest BCUT2D eigenvalue weighted by atomic mass is 32.2. The molecule has 1 aliphatic heterocycles. The van der Waals surface area contributed by atoms with Crippen molar-refractivity contribution in [3.63, 3.8) is 0 Å². The maximum Gasteiger partial charge on any atom is 0.338 e. The summed E-state index contributed by atoms with van der Waals surface area (Å²) in [7, 11) is 1.58. The lowest BCUT2D eigenvalue weighted by molar-refractivity contribution is -0.139. The van der Waals surface area contributed by atoms with Crippen molar-refractivity contribution in [2.75, 3.05) is 19.5 Å². The lowest BCUT2D eigenvalue weighted by atomic mass is 9.95. The van der Waals surface area contributed by atoms with E-state index in [4.69, 9.17) is 9.47 Å². The van der Waals surface area contributed by atoms with E-state index >= 15 is 0 Å². The van der Waals surface area contributed by atoms with Gasteiger partial charge in [0.25, 0.3) is 0 Å². The Balaban J connectivity index is 1.51. The van der Waals surface area contributed by atoms with E-state index in [0.29, 0.717) is 27.9 Å². The normalized spacial score (nSPS) is 15.9. The van der Waals surface area contributed by atoms with Crippen LogP contribution >= 0.6 is 23.1 Å². The minimum Gasteiger partial charge on any atom is -0.497 e. The number of thioether (sulfide) groups is 1. The molecule has 2 N–H and O–H groups in total. The molecule has 34 heavy (non-hydrogen) atoms. The molecule has 1 unspecified atom stereocenters. The third-order valence-electron chi connectivity index (χ3n) is 5.35. The smallest absolute Gasteiger partial charge is 0.338 e. The van der Waals surface area contributed by atoms with Gasteiger partial charge in [0.1, 0.15) is 5.75 Å². The number of para-hydroxylation sites is 1. The van der Waals surface area contributed by atoms with Crippen LogP contribution in [0, 0.1) is 0 Å². The van der Waals surface area contributed by atoms with Gasteiger partial charge in [-0.2, -0.15) is 0 Å². The predicted molar refractivity (Wildman–Crippen MR) is 130 cm³/mol. The number of esters is 1. The summed E-state index contributed by atoms with van der Waals surface area (Å²) >= 11 is 2.95. The number of hydrogen-bond acceptors (Lipinski definition) is 8. The van der Waals surface area contributed by atoms with Gasteiger partial charge in [-0.05, 0) is 36.8 Å². The fourth-order valence-corrected chi connectivity index (χ4v) is 5.75. The van der Waals surface area contributed by atoms with Crippen molar-refractivity contribution in [2.24, 2.45) is 0 Å². The zero-order chi connectivity index (χ0) is 23.7. The van der Waals surface area contributed by atoms with Crippen molar-refractivity contribution in [1.82, 2.24) is 25.2 Å². The second kappa shape index (κ2) is 9.35. The Labute approximate surface area is 203 Å². The van der Waals surface area contributed by atoms with Gasteiger partial charge in [-0.3, -0.25) is 4.40 Å². The number of carbonyl (C=O) groups excluding carboxylic acids is 2. The number of nitrogens with one attached hydrogen (secondary N) is 2. The van der Waals surface area contributed by atoms with Crippen LogP contribution in [0.4, 0.5) is 4.79 Å². The Hall–Kier alpha value is -3.57. The van der Waals surface area contributed by atoms with E-state index in [1.54, 1.807) is 37.5 Å². The molecule has 0 bridgehead atoms. The van der Waals surface area contributed by atoms with Crippen LogP contribution < -0.4 is 15.4 Å². The summed E-state index contributed by atoms with van der Waals surface area (Å²) in [6.07, 6.45) is 0. The van der Waals surface area contributed by atoms with Gasteiger partial charge in [-0.1, -0.05) is 47.4 Å². The van der Waals surface area contributed by atoms with Gasteiger partial charge in [0.15, 0.2) is 5.16 Å². The first kappa shape index (κ1) is 22.2. The third-order valence-corrected chi connectivity index (χ3v) is 7.32. The number of rotatable bonds is 7. The molecule has 0 saturated heterocycles. The summed E-state index contributed by atoms with van der Waals surface area (Å²) < 4.78 is 13.7. The Morgan fingerprint density at radius 3 is 2.74 bits per heavy atom. The first-order valence-electron chi connectivity index (χ1n) is 10.6. The average Bonchev–Trinajstić information content (AvgIpc) is 3.42. The van der Waals surface area contributed by atoms with Gasteiger partial charge in [-0.15, -0.1) is 10.2 Å². The fourth-order valence-electron chi connectivity index (χ4n) is 3.81. The summed E-state index contributed by atoms with van der Waals surface area (Å²) in [4.78, 5) is 26.3. The van der Waals surface area contributed by atoms with Crippen LogP contribution in [-0.4, -0.2) is 46.1 Å². The van der Waals surface area contributed by atoms with E-state index < -0.39 is 18.0 Å². The highest BCUT2D eigenvalue weighted by Gasteiger charge is 2.34. The van der Waals surface area contributed by atoms with Crippen LogP contribution in [0.5, 0.6) is 5.75 Å². The molecule has 0 aliphatic carbocycles. The van der Waals surface area contributed by atoms with Crippen molar-refractivity contribution in [1.29, 1.82) is 0 Å². The number of fused-ring (bicyclic) bond motifs is 3. The number of urea groups is 1. The van der Waals surface area contributed by atoms with Crippen molar-refractivity contribution in [2.45, 2.75) is 18.1 Å². The SMILES string of the molecule is CCOC(=O)C1=C(CSc2nnc3sc4ccccc4n23)NC(=O)NC1c1ccc(OC)cc1. The molecule has 2 amide bonds. The molecule has 3 heterocycles. The van der Waals surface area contributed by atoms with E-state index in [0.717, 1.165) is 20.7 Å². The number of hydrogen-bond donors (Lipinski definition) is 2. The van der Waals surface area contributed by atoms with Crippen molar-refractivity contribution >= 4 is 50.3 Å². The van der Waals surface area contributed by atoms with Crippen molar-refractivity contribution in [3.05, 3.63) is 65.4 Å². The number of ether oxygens (including phenoxy) is 2. The summed E-state index contributed by atoms with van der Waals surface area (Å²) in [5.74, 6) is 0.498. The standard InChI is InChI=1S/C23H21N5O4S2/c1-3-32-20(29)18-15(24-21(30)25-19(18)13-8-10-14(31-2)11-9-13)12-33-22-26-27-23-28(22)16-6-4-5-7-17(16)34-23/h4-11,19H,3,12H2,1-2H3,(H2,24,25,30). The molecular weight excluding hydrogens is 474 g/mol. The van der Waals surface area contributed by atoms with Crippen LogP contribution in [0.15, 0.2) is 65.0 Å². The number of nitrogens with zero attached hydrogens (tertiary/aromatic N) is 3. The summed E-state index contributed by atoms with van der Waals surface area (Å²) in [5.41, 5.74) is 2.59. The average molecular weight is 496 g/mol. The van der Waals surface area contributed by atoms with Gasteiger partial charge < -0.3 is 20.1 Å². The topological polar surface area (TPSA) is 107 Å². The van der Waals surface area contributed by atoms with Crippen LogP contribution in [0.3, 0.4) is 0 Å². The van der Waals surface area contributed by atoms with Gasteiger partial charge in [0.05, 0.1) is 35.5 Å². The molecule has 2 aromatic carbocycles. The number of amides is 2. The zero-order valence-corrected chi connectivity index (χ0v) is 20.0. The molecule has 174 valence electrons. The van der Waals surface area contributed by atoms with E-state index in [1.807, 2.05) is 40.8 Å². The van der Waals surface area contributed by atoms with E-state index in [9.17, 15) is 9.59 Å². The second-order valence-electron chi connectivity index (χ2n) is 7.38. The van der Waals surface area contributed by atoms with Gasteiger partial charge in [-0.25, -0.2) is 9.59 Å². The Morgan fingerprint density at radius 2 is 1.97 bits per heavy atom. The number of carbonyl (C=O) groups is 2. The molecule has 2 aromatic heterocycles. The minimum absolute atomic E-state index is 0.220. The molecule has 4 aromatic rings. The molecule has 0 spiro atoms. The predicted octanol–water partition coefficient (Wildman–Crippen LogP) is 3.92. The highest BCUT2D eigenvalue weighted by Crippen LogP contribution is 2.33. The van der Waals surface area contributed by atoms with E-state index in [1.165, 1.54) is 11.8 Å². The van der Waals surface area contributed by atoms with Crippen molar-refractivity contribution in [3.8, 4) is 5.75 Å². The second-order valence-corrected chi connectivity index (χ2v) is 9.33. The minimum atomic E-state index is -0.658. The molecule has 0 saturated carbocycles. The van der Waals surface area contributed by atoms with Crippen LogP contribution in [0.25, 0.3) is 15.2 Å². The summed E-state index contributed by atoms with van der Waals surface area (Å²) in [6.45, 7) is 1.97. The molecular formula is C23H21N5O4S2. The van der Waals surface area contributed by atoms with Crippen LogP contribution in [-0.2, 0) is 9.53 Å². The van der Waals surface area contributed by atoms with Crippen LogP contribution in [0.1, 0.15) is 18.5 Å². The lowest BCUT2D eigenvalue weighted by Gasteiger charge is -2.29. The van der Waals surface area contributed by atoms with E-state index in [2.05, 4.69) is 20.8 Å². The van der Waals surface area contributed by atoms with Gasteiger partial charge >= 0.3 is 12.0 Å². The van der Waals surface area contributed by atoms with Crippen molar-refractivity contribution < 1.29 is 19.1 Å². The number of thiazole rings is 1. The zero-order valence-electron chi connectivity index (χ0n) is 18.4. The maximum atomic E-state index is 13.0. The molecule has 5 rings (SSSR count). The molecule has 9 nitrogen and oxygen atoms in total. The quantitative estimate of drug-likeness (QED) is 0.296. The van der Waals surface area contributed by atoms with Gasteiger partial charge in [0.2, 0.25) is 4.96 Å². The number of aromatic nitrogens is 3. The number of methoxy groups -OCH3 is 1. The Bertz CT molecular complexity index is 1410.